The molecule has 0 saturated heterocycles. The number of aromatic hydroxyl groups is 1. The van der Waals surface area contributed by atoms with Crippen molar-refractivity contribution in [2.75, 3.05) is 6.54 Å². The molecule has 0 aliphatic carbocycles. The smallest absolute Gasteiger partial charge is 0.336 e. The minimum absolute atomic E-state index is 0.189. The Balaban J connectivity index is 2.31. The molecule has 0 radical (unpaired) electrons. The molecule has 114 valence electrons. The van der Waals surface area contributed by atoms with Gasteiger partial charge in [-0.1, -0.05) is 20.8 Å². The van der Waals surface area contributed by atoms with Gasteiger partial charge in [-0.2, -0.15) is 0 Å². The van der Waals surface area contributed by atoms with E-state index in [1.54, 1.807) is 12.1 Å². The van der Waals surface area contributed by atoms with Crippen molar-refractivity contribution in [3.05, 3.63) is 39.7 Å². The largest absolute Gasteiger partial charge is 0.508 e. The molecule has 0 aliphatic rings. The molecule has 3 N–H and O–H groups in total. The van der Waals surface area contributed by atoms with E-state index in [0.717, 1.165) is 42.4 Å². The number of nitrogens with two attached hydrogens (primary N) is 1. The van der Waals surface area contributed by atoms with Crippen LogP contribution < -0.4 is 10.9 Å². The molecule has 2 rings (SSSR count). The number of phenolic OH excluding ortho intramolecular Hbond substituents is 1. The summed E-state index contributed by atoms with van der Waals surface area (Å²) >= 11 is 0. The van der Waals surface area contributed by atoms with Gasteiger partial charge in [0.05, 0.1) is 6.54 Å². The van der Waals surface area contributed by atoms with E-state index in [0.29, 0.717) is 11.5 Å². The molecule has 0 unspecified atom stereocenters. The molecule has 0 aliphatic heterocycles. The van der Waals surface area contributed by atoms with Crippen LogP contribution in [0, 0.1) is 5.92 Å². The Labute approximate surface area is 124 Å². The fraction of sp³-hybridized carbons (Fsp3) is 0.471. The lowest BCUT2D eigenvalue weighted by Crippen LogP contribution is -2.82. The molecule has 0 spiro atoms. The lowest BCUT2D eigenvalue weighted by Gasteiger charge is -2.08. The van der Waals surface area contributed by atoms with E-state index in [1.807, 2.05) is 13.0 Å². The van der Waals surface area contributed by atoms with Gasteiger partial charge in [0.2, 0.25) is 0 Å². The standard InChI is InChI=1S/C17H23NO3/c1-4-12-7-14-13(10-18-6-5-11(2)3)8-17(20)21-16(14)9-15(12)19/h7-9,11,18-19H,4-6,10H2,1-3H3/p+1. The summed E-state index contributed by atoms with van der Waals surface area (Å²) in [6, 6.07) is 5.04. The molecule has 21 heavy (non-hydrogen) atoms. The van der Waals surface area contributed by atoms with E-state index >= 15 is 0 Å². The van der Waals surface area contributed by atoms with Gasteiger partial charge in [-0.3, -0.25) is 0 Å². The molecule has 0 amide bonds. The fourth-order valence-electron chi connectivity index (χ4n) is 2.47. The third kappa shape index (κ3) is 3.85. The average Bonchev–Trinajstić information content (AvgIpc) is 2.42. The highest BCUT2D eigenvalue weighted by atomic mass is 16.4. The zero-order valence-corrected chi connectivity index (χ0v) is 13.0. The van der Waals surface area contributed by atoms with Crippen LogP contribution in [0.1, 0.15) is 38.3 Å². The number of hydrogen-bond acceptors (Lipinski definition) is 3. The Kier molecular flexibility index (Phi) is 5.02. The van der Waals surface area contributed by atoms with E-state index in [2.05, 4.69) is 19.2 Å². The van der Waals surface area contributed by atoms with Crippen LogP contribution in [0.25, 0.3) is 11.0 Å². The summed E-state index contributed by atoms with van der Waals surface area (Å²) in [4.78, 5) is 11.6. The van der Waals surface area contributed by atoms with Crippen molar-refractivity contribution < 1.29 is 14.8 Å². The predicted molar refractivity (Wildman–Crippen MR) is 83.5 cm³/mol. The monoisotopic (exact) mass is 290 g/mol. The zero-order valence-electron chi connectivity index (χ0n) is 13.0. The third-order valence-electron chi connectivity index (χ3n) is 3.72. The van der Waals surface area contributed by atoms with Gasteiger partial charge in [-0.05, 0) is 30.4 Å². The lowest BCUT2D eigenvalue weighted by atomic mass is 10.0. The summed E-state index contributed by atoms with van der Waals surface area (Å²) in [6.45, 7) is 8.20. The first kappa shape index (κ1) is 15.6. The second-order valence-corrected chi connectivity index (χ2v) is 5.89. The van der Waals surface area contributed by atoms with Gasteiger partial charge in [0.15, 0.2) is 0 Å². The fourth-order valence-corrected chi connectivity index (χ4v) is 2.47. The average molecular weight is 290 g/mol. The number of benzene rings is 1. The van der Waals surface area contributed by atoms with Crippen molar-refractivity contribution in [2.24, 2.45) is 5.92 Å². The molecule has 0 fully saturated rings. The first-order chi connectivity index (χ1) is 10.0. The maximum absolute atomic E-state index is 11.6. The molecule has 1 aromatic carbocycles. The second-order valence-electron chi connectivity index (χ2n) is 5.89. The molecule has 0 atom stereocenters. The van der Waals surface area contributed by atoms with Gasteiger partial charge >= 0.3 is 5.63 Å². The molecular formula is C17H24NO3+. The van der Waals surface area contributed by atoms with Gasteiger partial charge in [0, 0.05) is 23.1 Å². The van der Waals surface area contributed by atoms with Gasteiger partial charge in [-0.15, -0.1) is 0 Å². The Bertz CT molecular complexity index is 674. The van der Waals surface area contributed by atoms with Crippen molar-refractivity contribution in [2.45, 2.75) is 40.2 Å². The molecule has 0 saturated carbocycles. The Morgan fingerprint density at radius 1 is 1.24 bits per heavy atom. The molecule has 4 nitrogen and oxygen atoms in total. The summed E-state index contributed by atoms with van der Waals surface area (Å²) in [5.41, 5.74) is 1.95. The Morgan fingerprint density at radius 3 is 2.67 bits per heavy atom. The van der Waals surface area contributed by atoms with Crippen molar-refractivity contribution >= 4 is 11.0 Å². The van der Waals surface area contributed by atoms with Gasteiger partial charge in [0.1, 0.15) is 17.9 Å². The van der Waals surface area contributed by atoms with Crippen molar-refractivity contribution in [1.29, 1.82) is 0 Å². The van der Waals surface area contributed by atoms with Gasteiger partial charge in [0.25, 0.3) is 0 Å². The minimum atomic E-state index is -0.363. The number of fused-ring (bicyclic) bond motifs is 1. The van der Waals surface area contributed by atoms with Crippen LogP contribution in [-0.2, 0) is 13.0 Å². The molecule has 1 aromatic heterocycles. The van der Waals surface area contributed by atoms with Crippen LogP contribution >= 0.6 is 0 Å². The first-order valence-corrected chi connectivity index (χ1v) is 7.61. The number of phenols is 1. The molecule has 2 aromatic rings. The summed E-state index contributed by atoms with van der Waals surface area (Å²) in [5.74, 6) is 0.872. The lowest BCUT2D eigenvalue weighted by molar-refractivity contribution is -0.671. The van der Waals surface area contributed by atoms with Crippen LogP contribution in [0.5, 0.6) is 5.75 Å². The van der Waals surface area contributed by atoms with Crippen LogP contribution in [0.4, 0.5) is 0 Å². The normalized spacial score (nSPS) is 11.4. The molecule has 0 bridgehead atoms. The van der Waals surface area contributed by atoms with Crippen molar-refractivity contribution in [3.63, 3.8) is 0 Å². The van der Waals surface area contributed by atoms with Crippen LogP contribution in [0.15, 0.2) is 27.4 Å². The topological polar surface area (TPSA) is 67.0 Å². The SMILES string of the molecule is CCc1cc2c(C[NH2+]CCC(C)C)cc(=O)oc2cc1O. The van der Waals surface area contributed by atoms with Crippen molar-refractivity contribution in [1.82, 2.24) is 0 Å². The van der Waals surface area contributed by atoms with E-state index in [4.69, 9.17) is 4.42 Å². The predicted octanol–water partition coefficient (Wildman–Crippen LogP) is 2.17. The zero-order chi connectivity index (χ0) is 15.4. The van der Waals surface area contributed by atoms with Gasteiger partial charge in [-0.25, -0.2) is 4.79 Å². The first-order valence-electron chi connectivity index (χ1n) is 7.61. The quantitative estimate of drug-likeness (QED) is 0.633. The maximum Gasteiger partial charge on any atom is 0.336 e. The van der Waals surface area contributed by atoms with Crippen LogP contribution in [0.2, 0.25) is 0 Å². The van der Waals surface area contributed by atoms with Crippen LogP contribution in [0.3, 0.4) is 0 Å². The highest BCUT2D eigenvalue weighted by Gasteiger charge is 2.11. The number of hydrogen-bond donors (Lipinski definition) is 2. The third-order valence-corrected chi connectivity index (χ3v) is 3.72. The summed E-state index contributed by atoms with van der Waals surface area (Å²) in [6.07, 6.45) is 1.90. The summed E-state index contributed by atoms with van der Waals surface area (Å²) < 4.78 is 5.20. The Hall–Kier alpha value is -1.81. The molecule has 4 heteroatoms. The number of aryl methyl sites for hydroxylation is 1. The Morgan fingerprint density at radius 2 is 2.00 bits per heavy atom. The van der Waals surface area contributed by atoms with E-state index in [-0.39, 0.29) is 11.4 Å². The molecular weight excluding hydrogens is 266 g/mol. The number of quaternary nitrogens is 1. The second kappa shape index (κ2) is 6.76. The minimum Gasteiger partial charge on any atom is -0.508 e. The van der Waals surface area contributed by atoms with Crippen LogP contribution in [-0.4, -0.2) is 11.7 Å². The molecule has 1 heterocycles. The van der Waals surface area contributed by atoms with Gasteiger partial charge < -0.3 is 14.8 Å². The highest BCUT2D eigenvalue weighted by molar-refractivity contribution is 5.82. The summed E-state index contributed by atoms with van der Waals surface area (Å²) in [7, 11) is 0. The maximum atomic E-state index is 11.6. The number of rotatable bonds is 6. The van der Waals surface area contributed by atoms with E-state index in [9.17, 15) is 9.90 Å². The van der Waals surface area contributed by atoms with Crippen molar-refractivity contribution in [3.8, 4) is 5.75 Å². The van der Waals surface area contributed by atoms with E-state index < -0.39 is 0 Å². The summed E-state index contributed by atoms with van der Waals surface area (Å²) in [5, 5.41) is 13.0. The van der Waals surface area contributed by atoms with E-state index in [1.165, 1.54) is 0 Å². The highest BCUT2D eigenvalue weighted by Crippen LogP contribution is 2.26.